The fraction of sp³-hybridized carbons (Fsp3) is 0.500. The van der Waals surface area contributed by atoms with Crippen molar-refractivity contribution in [1.29, 1.82) is 0 Å². The number of nitrogens with zero attached hydrogens (tertiary/aromatic N) is 2. The minimum Gasteiger partial charge on any atom is -0.299 e. The molecule has 13 heavy (non-hydrogen) atoms. The Labute approximate surface area is 87.1 Å². The van der Waals surface area contributed by atoms with E-state index in [1.807, 2.05) is 12.3 Å². The van der Waals surface area contributed by atoms with Gasteiger partial charge < -0.3 is 0 Å². The highest BCUT2D eigenvalue weighted by Crippen LogP contribution is 2.13. The number of hydrogen-bond acceptors (Lipinski definition) is 2. The lowest BCUT2D eigenvalue weighted by molar-refractivity contribution is 0.331. The van der Waals surface area contributed by atoms with Crippen LogP contribution < -0.4 is 0 Å². The topological polar surface area (TPSA) is 16.1 Å². The van der Waals surface area contributed by atoms with Gasteiger partial charge in [0.05, 0.1) is 0 Å². The smallest absolute Gasteiger partial charge is 0.106 e. The third-order valence-corrected chi connectivity index (χ3v) is 2.86. The van der Waals surface area contributed by atoms with Crippen molar-refractivity contribution >= 4 is 15.9 Å². The molecule has 0 N–H and O–H groups in total. The summed E-state index contributed by atoms with van der Waals surface area (Å²) in [6.45, 7) is 3.55. The Balaban J connectivity index is 1.97. The Kier molecular flexibility index (Phi) is 2.96. The maximum absolute atomic E-state index is 4.21. The minimum atomic E-state index is 0.915. The van der Waals surface area contributed by atoms with Crippen molar-refractivity contribution in [2.75, 3.05) is 13.1 Å². The SMILES string of the molecule is Brc1ccc(CN2CCCC2)cn1. The van der Waals surface area contributed by atoms with Gasteiger partial charge in [0.1, 0.15) is 4.60 Å². The van der Waals surface area contributed by atoms with Crippen molar-refractivity contribution in [3.8, 4) is 0 Å². The van der Waals surface area contributed by atoms with Gasteiger partial charge in [-0.05, 0) is 53.5 Å². The number of halogens is 1. The molecule has 0 amide bonds. The van der Waals surface area contributed by atoms with Crippen LogP contribution in [0.25, 0.3) is 0 Å². The zero-order chi connectivity index (χ0) is 9.10. The van der Waals surface area contributed by atoms with Crippen molar-refractivity contribution in [3.05, 3.63) is 28.5 Å². The lowest BCUT2D eigenvalue weighted by Crippen LogP contribution is -2.18. The van der Waals surface area contributed by atoms with Crippen LogP contribution in [0.1, 0.15) is 18.4 Å². The van der Waals surface area contributed by atoms with Gasteiger partial charge in [-0.3, -0.25) is 4.90 Å². The summed E-state index contributed by atoms with van der Waals surface area (Å²) in [5.74, 6) is 0. The molecule has 1 saturated heterocycles. The van der Waals surface area contributed by atoms with E-state index >= 15 is 0 Å². The van der Waals surface area contributed by atoms with Gasteiger partial charge in [0, 0.05) is 12.7 Å². The molecule has 1 aliphatic heterocycles. The second kappa shape index (κ2) is 4.20. The predicted molar refractivity (Wildman–Crippen MR) is 56.4 cm³/mol. The zero-order valence-electron chi connectivity index (χ0n) is 7.54. The van der Waals surface area contributed by atoms with E-state index < -0.39 is 0 Å². The minimum absolute atomic E-state index is 0.915. The zero-order valence-corrected chi connectivity index (χ0v) is 9.13. The molecule has 0 bridgehead atoms. The Morgan fingerprint density at radius 1 is 1.31 bits per heavy atom. The number of rotatable bonds is 2. The van der Waals surface area contributed by atoms with E-state index in [1.54, 1.807) is 0 Å². The Bertz CT molecular complexity index is 265. The third-order valence-electron chi connectivity index (χ3n) is 2.39. The molecule has 0 radical (unpaired) electrons. The van der Waals surface area contributed by atoms with Crippen LogP contribution in [0.15, 0.2) is 22.9 Å². The summed E-state index contributed by atoms with van der Waals surface area (Å²) in [5.41, 5.74) is 1.31. The van der Waals surface area contributed by atoms with Gasteiger partial charge in [-0.25, -0.2) is 4.98 Å². The van der Waals surface area contributed by atoms with E-state index in [0.717, 1.165) is 11.1 Å². The first-order valence-electron chi connectivity index (χ1n) is 4.67. The normalized spacial score (nSPS) is 17.9. The second-order valence-electron chi connectivity index (χ2n) is 3.47. The third kappa shape index (κ3) is 2.51. The largest absolute Gasteiger partial charge is 0.299 e. The monoisotopic (exact) mass is 240 g/mol. The summed E-state index contributed by atoms with van der Waals surface area (Å²) in [6.07, 6.45) is 4.65. The molecule has 0 spiro atoms. The molecule has 1 aromatic heterocycles. The highest BCUT2D eigenvalue weighted by Gasteiger charge is 2.11. The van der Waals surface area contributed by atoms with Crippen LogP contribution in [0.5, 0.6) is 0 Å². The quantitative estimate of drug-likeness (QED) is 0.739. The van der Waals surface area contributed by atoms with E-state index in [4.69, 9.17) is 0 Å². The summed E-state index contributed by atoms with van der Waals surface area (Å²) < 4.78 is 0.915. The first kappa shape index (κ1) is 9.16. The van der Waals surface area contributed by atoms with Gasteiger partial charge in [0.15, 0.2) is 0 Å². The van der Waals surface area contributed by atoms with Crippen LogP contribution in [0.3, 0.4) is 0 Å². The van der Waals surface area contributed by atoms with Crippen molar-refractivity contribution in [2.24, 2.45) is 0 Å². The molecule has 0 aliphatic carbocycles. The lowest BCUT2D eigenvalue weighted by atomic mass is 10.3. The van der Waals surface area contributed by atoms with E-state index in [1.165, 1.54) is 31.5 Å². The fourth-order valence-corrected chi connectivity index (χ4v) is 1.93. The molecule has 1 fully saturated rings. The molecule has 2 rings (SSSR count). The second-order valence-corrected chi connectivity index (χ2v) is 4.28. The molecule has 1 aliphatic rings. The van der Waals surface area contributed by atoms with Crippen LogP contribution in [0.4, 0.5) is 0 Å². The number of aromatic nitrogens is 1. The molecule has 0 atom stereocenters. The molecule has 0 unspecified atom stereocenters. The van der Waals surface area contributed by atoms with E-state index in [0.29, 0.717) is 0 Å². The molecule has 2 nitrogen and oxygen atoms in total. The Morgan fingerprint density at radius 3 is 2.69 bits per heavy atom. The predicted octanol–water partition coefficient (Wildman–Crippen LogP) is 2.44. The van der Waals surface area contributed by atoms with Crippen LogP contribution >= 0.6 is 15.9 Å². The molecule has 3 heteroatoms. The maximum Gasteiger partial charge on any atom is 0.106 e. The van der Waals surface area contributed by atoms with E-state index in [2.05, 4.69) is 31.9 Å². The average molecular weight is 241 g/mol. The van der Waals surface area contributed by atoms with Crippen LogP contribution in [-0.4, -0.2) is 23.0 Å². The summed E-state index contributed by atoms with van der Waals surface area (Å²) in [5, 5.41) is 0. The summed E-state index contributed by atoms with van der Waals surface area (Å²) in [4.78, 5) is 6.69. The molecule has 2 heterocycles. The standard InChI is InChI=1S/C10H13BrN2/c11-10-4-3-9(7-12-10)8-13-5-1-2-6-13/h3-4,7H,1-2,5-6,8H2. The van der Waals surface area contributed by atoms with E-state index in [9.17, 15) is 0 Å². The maximum atomic E-state index is 4.21. The first-order chi connectivity index (χ1) is 6.34. The van der Waals surface area contributed by atoms with Gasteiger partial charge in [-0.2, -0.15) is 0 Å². The molecule has 70 valence electrons. The summed E-state index contributed by atoms with van der Waals surface area (Å²) in [7, 11) is 0. The van der Waals surface area contributed by atoms with Crippen molar-refractivity contribution in [1.82, 2.24) is 9.88 Å². The summed E-state index contributed by atoms with van der Waals surface area (Å²) in [6, 6.07) is 4.14. The van der Waals surface area contributed by atoms with Crippen molar-refractivity contribution in [3.63, 3.8) is 0 Å². The van der Waals surface area contributed by atoms with Crippen LogP contribution in [0.2, 0.25) is 0 Å². The fourth-order valence-electron chi connectivity index (χ4n) is 1.70. The Hall–Kier alpha value is -0.410. The van der Waals surface area contributed by atoms with Gasteiger partial charge in [-0.1, -0.05) is 6.07 Å². The highest BCUT2D eigenvalue weighted by molar-refractivity contribution is 9.10. The lowest BCUT2D eigenvalue weighted by Gasteiger charge is -2.13. The molecule has 0 saturated carbocycles. The van der Waals surface area contributed by atoms with Crippen LogP contribution in [0, 0.1) is 0 Å². The number of pyridine rings is 1. The van der Waals surface area contributed by atoms with Gasteiger partial charge in [-0.15, -0.1) is 0 Å². The van der Waals surface area contributed by atoms with Gasteiger partial charge >= 0.3 is 0 Å². The highest BCUT2D eigenvalue weighted by atomic mass is 79.9. The van der Waals surface area contributed by atoms with Crippen molar-refractivity contribution < 1.29 is 0 Å². The first-order valence-corrected chi connectivity index (χ1v) is 5.47. The summed E-state index contributed by atoms with van der Waals surface area (Å²) >= 11 is 3.33. The molecular formula is C10H13BrN2. The Morgan fingerprint density at radius 2 is 2.08 bits per heavy atom. The molecular weight excluding hydrogens is 228 g/mol. The van der Waals surface area contributed by atoms with Gasteiger partial charge in [0.25, 0.3) is 0 Å². The van der Waals surface area contributed by atoms with E-state index in [-0.39, 0.29) is 0 Å². The average Bonchev–Trinajstić information content (AvgIpc) is 2.62. The van der Waals surface area contributed by atoms with Gasteiger partial charge in [0.2, 0.25) is 0 Å². The number of likely N-dealkylation sites (tertiary alicyclic amines) is 1. The van der Waals surface area contributed by atoms with Crippen LogP contribution in [-0.2, 0) is 6.54 Å². The number of hydrogen-bond donors (Lipinski definition) is 0. The molecule has 1 aromatic rings. The molecule has 0 aromatic carbocycles. The van der Waals surface area contributed by atoms with Crippen molar-refractivity contribution in [2.45, 2.75) is 19.4 Å².